The third-order valence-corrected chi connectivity index (χ3v) is 18.8. The molecule has 0 bridgehead atoms. The lowest BCUT2D eigenvalue weighted by Gasteiger charge is -2.35. The van der Waals surface area contributed by atoms with E-state index in [1.807, 2.05) is 280 Å². The molecular formula is C87H81N15O10. The first-order valence-electron chi connectivity index (χ1n) is 36.5. The van der Waals surface area contributed by atoms with E-state index in [1.165, 1.54) is 25.3 Å². The van der Waals surface area contributed by atoms with E-state index in [2.05, 4.69) is 57.1 Å². The van der Waals surface area contributed by atoms with Crippen LogP contribution in [0, 0.1) is 5.92 Å². The zero-order chi connectivity index (χ0) is 77.5. The monoisotopic (exact) mass is 1500 g/mol. The molecule has 1 saturated heterocycles. The molecular weight excluding hydrogens is 1420 g/mol. The SMILES string of the molecule is CN(C)CCC(=O)Nc1cccc(-c2cn(-c3ccccc3)c3nc[nH]c(=O)c23)c1.CN1CC(COc2ccc(-c3cn(-c4ccccc4)c4c(=O)[nH]cnc34)cc2)C1.O=c1[nH]cnc2c(-c3ccc(OCCCO)cc3)cn(-c3ccccc3)c12.O=c1[nH]cnc2c(-c3ccc(OCCO)cc3)cn(-c3ccccc3)c12. The molecule has 1 fully saturated rings. The normalized spacial score (nSPS) is 12.0. The van der Waals surface area contributed by atoms with Crippen molar-refractivity contribution in [2.24, 2.45) is 5.92 Å². The minimum atomic E-state index is -0.204. The quantitative estimate of drug-likeness (QED) is 0.0310. The molecule has 16 aromatic rings. The molecule has 1 aliphatic heterocycles. The average Bonchev–Trinajstić information content (AvgIpc) is 1.64. The fourth-order valence-electron chi connectivity index (χ4n) is 13.4. The predicted molar refractivity (Wildman–Crippen MR) is 437 cm³/mol. The fraction of sp³-hybridized carbons (Fsp3) is 0.161. The number of rotatable bonds is 22. The molecule has 1 aliphatic rings. The summed E-state index contributed by atoms with van der Waals surface area (Å²) in [4.78, 5) is 94.9. The lowest BCUT2D eigenvalue weighted by molar-refractivity contribution is -0.116. The third-order valence-electron chi connectivity index (χ3n) is 18.8. The Labute approximate surface area is 642 Å². The molecule has 0 radical (unpaired) electrons. The molecule has 25 heteroatoms. The summed E-state index contributed by atoms with van der Waals surface area (Å²) in [5.74, 6) is 2.85. The Hall–Kier alpha value is -13.9. The first kappa shape index (κ1) is 75.0. The van der Waals surface area contributed by atoms with Gasteiger partial charge in [-0.05, 0) is 140 Å². The summed E-state index contributed by atoms with van der Waals surface area (Å²) in [7, 11) is 5.99. The standard InChI is InChI=1S/C23H23N5O2.C23H22N4O2.C21H19N3O3.C20H17N3O3/c1-27(2)12-11-20(29)26-17-8-6-7-16(13-17)19-14-28(18-9-4-3-5-10-18)22-21(19)23(30)25-15-24-22;1-26-11-16(12-26)14-29-19-9-7-17(8-10-19)20-13-27(18-5-3-2-4-6-18)22-21(20)24-15-25-23(22)28;25-11-4-12-27-17-9-7-15(8-10-17)18-13-24(16-5-2-1-3-6-16)20-19(18)22-14-23-21(20)26;24-10-11-26-16-8-6-14(7-9-16)17-12-23(15-4-2-1-3-5-15)19-18(17)21-13-22-20(19)25/h3-10,13-15H,11-12H2,1-2H3,(H,26,29)(H,24,25,30);2-10,13,15-16H,11-12,14H2,1H3,(H,24,25,28);1-3,5-10,13-14,25H,4,11-12H2,(H,22,23,26);1-9,12-13,24H,10-11H2,(H,21,22,25). The molecule has 0 saturated carbocycles. The van der Waals surface area contributed by atoms with Crippen molar-refractivity contribution in [1.29, 1.82) is 0 Å². The number of hydrogen-bond donors (Lipinski definition) is 7. The van der Waals surface area contributed by atoms with Gasteiger partial charge in [0.15, 0.2) is 5.65 Å². The van der Waals surface area contributed by atoms with Gasteiger partial charge in [-0.1, -0.05) is 121 Å². The Morgan fingerprint density at radius 3 is 1.28 bits per heavy atom. The first-order chi connectivity index (χ1) is 54.8. The van der Waals surface area contributed by atoms with Crippen molar-refractivity contribution < 1.29 is 29.2 Å². The second-order valence-electron chi connectivity index (χ2n) is 26.9. The van der Waals surface area contributed by atoms with E-state index in [1.54, 1.807) is 0 Å². The van der Waals surface area contributed by atoms with E-state index in [0.29, 0.717) is 87.5 Å². The van der Waals surface area contributed by atoms with Crippen LogP contribution in [-0.2, 0) is 4.79 Å². The van der Waals surface area contributed by atoms with Crippen LogP contribution in [0.15, 0.2) is 288 Å². The Kier molecular flexibility index (Phi) is 23.4. The number of nitrogens with zero attached hydrogens (tertiary/aromatic N) is 10. The van der Waals surface area contributed by atoms with Gasteiger partial charge in [-0.2, -0.15) is 0 Å². The van der Waals surface area contributed by atoms with Crippen molar-refractivity contribution >= 4 is 55.7 Å². The number of aliphatic hydroxyl groups excluding tert-OH is 2. The van der Waals surface area contributed by atoms with Gasteiger partial charge >= 0.3 is 0 Å². The molecule has 0 aliphatic carbocycles. The van der Waals surface area contributed by atoms with Gasteiger partial charge in [-0.15, -0.1) is 0 Å². The molecule has 564 valence electrons. The van der Waals surface area contributed by atoms with Crippen LogP contribution in [0.3, 0.4) is 0 Å². The van der Waals surface area contributed by atoms with E-state index in [0.717, 1.165) is 98.5 Å². The highest BCUT2D eigenvalue weighted by molar-refractivity contribution is 5.98. The van der Waals surface area contributed by atoms with Crippen LogP contribution in [0.1, 0.15) is 12.8 Å². The lowest BCUT2D eigenvalue weighted by Crippen LogP contribution is -2.46. The number of carbonyl (C=O) groups excluding carboxylic acids is 1. The summed E-state index contributed by atoms with van der Waals surface area (Å²) in [6.45, 7) is 4.42. The van der Waals surface area contributed by atoms with Crippen molar-refractivity contribution in [3.8, 4) is 84.5 Å². The molecule has 0 unspecified atom stereocenters. The van der Waals surface area contributed by atoms with Crippen molar-refractivity contribution in [3.63, 3.8) is 0 Å². The second kappa shape index (κ2) is 35.0. The summed E-state index contributed by atoms with van der Waals surface area (Å²) in [5.41, 5.74) is 14.8. The number of amides is 1. The minimum absolute atomic E-state index is 0.0288. The zero-order valence-corrected chi connectivity index (χ0v) is 61.7. The smallest absolute Gasteiger partial charge is 0.275 e. The van der Waals surface area contributed by atoms with Crippen LogP contribution in [-0.4, -0.2) is 158 Å². The van der Waals surface area contributed by atoms with Crippen LogP contribution >= 0.6 is 0 Å². The number of benzene rings is 8. The van der Waals surface area contributed by atoms with Gasteiger partial charge in [0.2, 0.25) is 5.91 Å². The third kappa shape index (κ3) is 17.2. The van der Waals surface area contributed by atoms with E-state index in [9.17, 15) is 24.0 Å². The summed E-state index contributed by atoms with van der Waals surface area (Å²) in [6, 6.07) is 69.7. The number of hydrogen-bond acceptors (Lipinski definition) is 16. The number of aliphatic hydroxyl groups is 2. The summed E-state index contributed by atoms with van der Waals surface area (Å²) < 4.78 is 24.4. The number of ether oxygens (including phenoxy) is 3. The number of carbonyl (C=O) groups is 1. The maximum absolute atomic E-state index is 12.6. The van der Waals surface area contributed by atoms with Crippen molar-refractivity contribution in [1.82, 2.24) is 67.9 Å². The van der Waals surface area contributed by atoms with E-state index >= 15 is 0 Å². The molecule has 0 atom stereocenters. The average molecular weight is 1500 g/mol. The van der Waals surface area contributed by atoms with Gasteiger partial charge < -0.3 is 77.7 Å². The second-order valence-corrected chi connectivity index (χ2v) is 26.9. The largest absolute Gasteiger partial charge is 0.494 e. The van der Waals surface area contributed by atoms with Crippen LogP contribution in [0.4, 0.5) is 5.69 Å². The molecule has 7 N–H and O–H groups in total. The first-order valence-corrected chi connectivity index (χ1v) is 36.5. The van der Waals surface area contributed by atoms with Gasteiger partial charge in [-0.3, -0.25) is 24.0 Å². The zero-order valence-electron chi connectivity index (χ0n) is 61.7. The Morgan fingerprint density at radius 1 is 0.455 bits per heavy atom. The van der Waals surface area contributed by atoms with E-state index < -0.39 is 0 Å². The lowest BCUT2D eigenvalue weighted by atomic mass is 10.0. The molecule has 8 aromatic heterocycles. The van der Waals surface area contributed by atoms with Crippen molar-refractivity contribution in [2.45, 2.75) is 12.8 Å². The van der Waals surface area contributed by atoms with E-state index in [4.69, 9.17) is 24.4 Å². The van der Waals surface area contributed by atoms with Crippen LogP contribution in [0.5, 0.6) is 17.2 Å². The van der Waals surface area contributed by atoms with E-state index in [-0.39, 0.29) is 48.0 Å². The van der Waals surface area contributed by atoms with Crippen LogP contribution < -0.4 is 41.8 Å². The maximum Gasteiger partial charge on any atom is 0.275 e. The van der Waals surface area contributed by atoms with Gasteiger partial charge in [0.05, 0.1) is 50.5 Å². The van der Waals surface area contributed by atoms with Crippen LogP contribution in [0.2, 0.25) is 0 Å². The number of anilines is 1. The highest BCUT2D eigenvalue weighted by Crippen LogP contribution is 2.36. The molecule has 112 heavy (non-hydrogen) atoms. The topological polar surface area (TPSA) is 306 Å². The Balaban J connectivity index is 0.000000124. The predicted octanol–water partition coefficient (Wildman–Crippen LogP) is 12.5. The number of H-pyrrole nitrogens is 4. The van der Waals surface area contributed by atoms with Gasteiger partial charge in [0, 0.05) is 120 Å². The Bertz CT molecular complexity index is 6110. The highest BCUT2D eigenvalue weighted by atomic mass is 16.5. The minimum Gasteiger partial charge on any atom is -0.494 e. The molecule has 8 aromatic carbocycles. The maximum atomic E-state index is 12.6. The fourth-order valence-corrected chi connectivity index (χ4v) is 13.4. The van der Waals surface area contributed by atoms with Crippen LogP contribution in [0.25, 0.3) is 111 Å². The molecule has 1 amide bonds. The Morgan fingerprint density at radius 2 is 0.857 bits per heavy atom. The number of aromatic amines is 4. The molecule has 25 nitrogen and oxygen atoms in total. The summed E-state index contributed by atoms with van der Waals surface area (Å²) in [5, 5.41) is 21.1. The van der Waals surface area contributed by atoms with Crippen molar-refractivity contribution in [3.05, 3.63) is 310 Å². The van der Waals surface area contributed by atoms with Gasteiger partial charge in [0.1, 0.15) is 57.0 Å². The molecule has 17 rings (SSSR count). The number of nitrogens with one attached hydrogen (secondary N) is 5. The summed E-state index contributed by atoms with van der Waals surface area (Å²) >= 11 is 0. The molecule has 9 heterocycles. The highest BCUT2D eigenvalue weighted by Gasteiger charge is 2.25. The number of aromatic nitrogens is 12. The van der Waals surface area contributed by atoms with Gasteiger partial charge in [-0.25, -0.2) is 19.9 Å². The van der Waals surface area contributed by atoms with Gasteiger partial charge in [0.25, 0.3) is 22.2 Å². The van der Waals surface area contributed by atoms with Crippen molar-refractivity contribution in [2.75, 3.05) is 79.1 Å². The number of likely N-dealkylation sites (tertiary alicyclic amines) is 1. The molecule has 0 spiro atoms. The number of para-hydroxylation sites is 4. The number of fused-ring (bicyclic) bond motifs is 4. The summed E-state index contributed by atoms with van der Waals surface area (Å²) in [6.07, 6.45) is 14.5.